The molecule has 0 spiro atoms. The first-order valence-electron chi connectivity index (χ1n) is 5.27. The number of halogens is 1. The number of nitrogens with one attached hydrogen (secondary N) is 1. The minimum Gasteiger partial charge on any atom is -0.465 e. The van der Waals surface area contributed by atoms with Gasteiger partial charge in [0.25, 0.3) is 0 Å². The number of rotatable bonds is 4. The van der Waals surface area contributed by atoms with Crippen molar-refractivity contribution in [2.24, 2.45) is 5.92 Å². The number of amides is 1. The molecule has 0 saturated heterocycles. The van der Waals surface area contributed by atoms with Crippen molar-refractivity contribution < 1.29 is 18.7 Å². The van der Waals surface area contributed by atoms with Gasteiger partial charge in [0, 0.05) is 5.69 Å². The van der Waals surface area contributed by atoms with Crippen molar-refractivity contribution >= 4 is 17.6 Å². The molecule has 4 nitrogen and oxygen atoms in total. The van der Waals surface area contributed by atoms with Gasteiger partial charge in [-0.25, -0.2) is 4.39 Å². The molecular formula is C12H14FNO3. The molecule has 0 saturated carbocycles. The van der Waals surface area contributed by atoms with E-state index in [9.17, 15) is 14.0 Å². The Morgan fingerprint density at radius 3 is 2.47 bits per heavy atom. The maximum absolute atomic E-state index is 12.6. The van der Waals surface area contributed by atoms with Gasteiger partial charge in [-0.15, -0.1) is 0 Å². The summed E-state index contributed by atoms with van der Waals surface area (Å²) in [6.45, 7) is 3.35. The van der Waals surface area contributed by atoms with Gasteiger partial charge in [0.05, 0.1) is 6.61 Å². The topological polar surface area (TPSA) is 55.4 Å². The molecule has 0 radical (unpaired) electrons. The third-order valence-corrected chi connectivity index (χ3v) is 2.15. The number of carbonyl (C=O) groups is 2. The van der Waals surface area contributed by atoms with Crippen LogP contribution in [-0.4, -0.2) is 18.5 Å². The Morgan fingerprint density at radius 2 is 1.94 bits per heavy atom. The molecule has 0 aliphatic rings. The van der Waals surface area contributed by atoms with E-state index >= 15 is 0 Å². The molecule has 0 aliphatic carbocycles. The van der Waals surface area contributed by atoms with Gasteiger partial charge in [-0.3, -0.25) is 9.59 Å². The lowest BCUT2D eigenvalue weighted by Crippen LogP contribution is -2.28. The average molecular weight is 239 g/mol. The molecule has 1 amide bonds. The van der Waals surface area contributed by atoms with Crippen LogP contribution in [0.4, 0.5) is 10.1 Å². The molecule has 17 heavy (non-hydrogen) atoms. The highest BCUT2D eigenvalue weighted by atomic mass is 19.1. The highest BCUT2D eigenvalue weighted by Gasteiger charge is 2.22. The minimum absolute atomic E-state index is 0.229. The summed E-state index contributed by atoms with van der Waals surface area (Å²) in [4.78, 5) is 22.9. The van der Waals surface area contributed by atoms with E-state index in [0.29, 0.717) is 5.69 Å². The summed E-state index contributed by atoms with van der Waals surface area (Å²) in [6, 6.07) is 5.30. The second-order valence-electron chi connectivity index (χ2n) is 3.47. The van der Waals surface area contributed by atoms with Crippen LogP contribution in [0.15, 0.2) is 24.3 Å². The highest BCUT2D eigenvalue weighted by molar-refractivity contribution is 6.04. The normalized spacial score (nSPS) is 11.7. The second kappa shape index (κ2) is 5.98. The molecular weight excluding hydrogens is 225 g/mol. The third-order valence-electron chi connectivity index (χ3n) is 2.15. The number of benzene rings is 1. The molecule has 1 N–H and O–H groups in total. The van der Waals surface area contributed by atoms with Crippen LogP contribution in [0.5, 0.6) is 0 Å². The Balaban J connectivity index is 2.59. The third kappa shape index (κ3) is 3.86. The van der Waals surface area contributed by atoms with Crippen molar-refractivity contribution in [1.29, 1.82) is 0 Å². The average Bonchev–Trinajstić information content (AvgIpc) is 2.31. The fraction of sp³-hybridized carbons (Fsp3) is 0.333. The zero-order valence-corrected chi connectivity index (χ0v) is 9.70. The monoisotopic (exact) mass is 239 g/mol. The van der Waals surface area contributed by atoms with Gasteiger partial charge in [0.1, 0.15) is 11.7 Å². The van der Waals surface area contributed by atoms with Gasteiger partial charge in [0.15, 0.2) is 0 Å². The van der Waals surface area contributed by atoms with Gasteiger partial charge in [-0.05, 0) is 38.1 Å². The Labute approximate surface area is 98.8 Å². The van der Waals surface area contributed by atoms with Crippen LogP contribution in [0.25, 0.3) is 0 Å². The fourth-order valence-electron chi connectivity index (χ4n) is 1.16. The Bertz CT molecular complexity index is 403. The molecule has 0 bridgehead atoms. The molecule has 1 aromatic rings. The van der Waals surface area contributed by atoms with Crippen LogP contribution in [0.2, 0.25) is 0 Å². The van der Waals surface area contributed by atoms with Crippen molar-refractivity contribution in [2.75, 3.05) is 11.9 Å². The predicted molar refractivity (Wildman–Crippen MR) is 60.8 cm³/mol. The van der Waals surface area contributed by atoms with Gasteiger partial charge in [-0.2, -0.15) is 0 Å². The zero-order valence-electron chi connectivity index (χ0n) is 9.70. The summed E-state index contributed by atoms with van der Waals surface area (Å²) in [6.07, 6.45) is 0. The van der Waals surface area contributed by atoms with Crippen molar-refractivity contribution in [3.8, 4) is 0 Å². The van der Waals surface area contributed by atoms with Crippen molar-refractivity contribution in [3.05, 3.63) is 30.1 Å². The van der Waals surface area contributed by atoms with E-state index in [1.165, 1.54) is 31.2 Å². The van der Waals surface area contributed by atoms with Crippen molar-refractivity contribution in [3.63, 3.8) is 0 Å². The lowest BCUT2D eigenvalue weighted by atomic mass is 10.1. The summed E-state index contributed by atoms with van der Waals surface area (Å²) >= 11 is 0. The summed E-state index contributed by atoms with van der Waals surface area (Å²) in [5, 5.41) is 2.50. The second-order valence-corrected chi connectivity index (χ2v) is 3.47. The predicted octanol–water partition coefficient (Wildman–Crippen LogP) is 1.96. The van der Waals surface area contributed by atoms with Crippen LogP contribution in [0, 0.1) is 11.7 Å². The maximum Gasteiger partial charge on any atom is 0.318 e. The van der Waals surface area contributed by atoms with Gasteiger partial charge >= 0.3 is 5.97 Å². The number of hydrogen-bond acceptors (Lipinski definition) is 3. The zero-order chi connectivity index (χ0) is 12.8. The molecule has 92 valence electrons. The van der Waals surface area contributed by atoms with E-state index in [0.717, 1.165) is 0 Å². The van der Waals surface area contributed by atoms with Crippen molar-refractivity contribution in [1.82, 2.24) is 0 Å². The Morgan fingerprint density at radius 1 is 1.35 bits per heavy atom. The first-order chi connectivity index (χ1) is 8.04. The van der Waals surface area contributed by atoms with E-state index in [4.69, 9.17) is 4.74 Å². The van der Waals surface area contributed by atoms with Crippen LogP contribution >= 0.6 is 0 Å². The molecule has 1 rings (SSSR count). The van der Waals surface area contributed by atoms with Crippen LogP contribution in [-0.2, 0) is 14.3 Å². The number of ether oxygens (including phenoxy) is 1. The van der Waals surface area contributed by atoms with Crippen LogP contribution in [0.1, 0.15) is 13.8 Å². The summed E-state index contributed by atoms with van der Waals surface area (Å²) < 4.78 is 17.3. The molecule has 1 atom stereocenters. The number of esters is 1. The minimum atomic E-state index is -0.889. The van der Waals surface area contributed by atoms with Crippen LogP contribution in [0.3, 0.4) is 0 Å². The molecule has 0 fully saturated rings. The number of hydrogen-bond donors (Lipinski definition) is 1. The summed E-state index contributed by atoms with van der Waals surface area (Å²) in [7, 11) is 0. The molecule has 0 aromatic heterocycles. The number of carbonyl (C=O) groups excluding carboxylic acids is 2. The van der Waals surface area contributed by atoms with E-state index < -0.39 is 17.8 Å². The lowest BCUT2D eigenvalue weighted by Gasteiger charge is -2.11. The van der Waals surface area contributed by atoms with E-state index in [1.807, 2.05) is 0 Å². The Hall–Kier alpha value is -1.91. The fourth-order valence-corrected chi connectivity index (χ4v) is 1.16. The van der Waals surface area contributed by atoms with E-state index in [-0.39, 0.29) is 12.4 Å². The number of anilines is 1. The summed E-state index contributed by atoms with van der Waals surface area (Å²) in [5.41, 5.74) is 0.438. The molecule has 1 unspecified atom stereocenters. The first kappa shape index (κ1) is 13.2. The van der Waals surface area contributed by atoms with Crippen molar-refractivity contribution in [2.45, 2.75) is 13.8 Å². The molecule has 1 aromatic carbocycles. The molecule has 0 heterocycles. The van der Waals surface area contributed by atoms with Gasteiger partial charge in [0.2, 0.25) is 5.91 Å². The molecule has 5 heteroatoms. The Kier molecular flexibility index (Phi) is 4.63. The highest BCUT2D eigenvalue weighted by Crippen LogP contribution is 2.10. The smallest absolute Gasteiger partial charge is 0.318 e. The summed E-state index contributed by atoms with van der Waals surface area (Å²) in [5.74, 6) is -2.33. The van der Waals surface area contributed by atoms with Crippen LogP contribution < -0.4 is 5.32 Å². The van der Waals surface area contributed by atoms with E-state index in [1.54, 1.807) is 6.92 Å². The quantitative estimate of drug-likeness (QED) is 0.645. The van der Waals surface area contributed by atoms with Gasteiger partial charge < -0.3 is 10.1 Å². The van der Waals surface area contributed by atoms with E-state index in [2.05, 4.69) is 5.32 Å². The largest absolute Gasteiger partial charge is 0.465 e. The SMILES string of the molecule is CCOC(=O)C(C)C(=O)Nc1ccc(F)cc1. The van der Waals surface area contributed by atoms with Gasteiger partial charge in [-0.1, -0.05) is 0 Å². The maximum atomic E-state index is 12.6. The molecule has 0 aliphatic heterocycles. The standard InChI is InChI=1S/C12H14FNO3/c1-3-17-12(16)8(2)11(15)14-10-6-4-9(13)5-7-10/h4-8H,3H2,1-2H3,(H,14,15). The lowest BCUT2D eigenvalue weighted by molar-refractivity contribution is -0.150. The first-order valence-corrected chi connectivity index (χ1v) is 5.27.